The Kier molecular flexibility index (Phi) is 8.85. The molecule has 3 aromatic heterocycles. The van der Waals surface area contributed by atoms with Gasteiger partial charge in [0.2, 0.25) is 5.95 Å². The number of ether oxygens (including phenoxy) is 2. The molecule has 0 saturated carbocycles. The third-order valence-electron chi connectivity index (χ3n) is 9.44. The van der Waals surface area contributed by atoms with E-state index >= 15 is 0 Å². The zero-order valence-corrected chi connectivity index (χ0v) is 31.3. The Labute approximate surface area is 305 Å². The largest absolute Gasteiger partial charge is 0.443 e. The summed E-state index contributed by atoms with van der Waals surface area (Å²) in [6, 6.07) is 15.2. The number of hydrogen-bond donors (Lipinski definition) is 1. The normalized spacial score (nSPS) is 17.3. The van der Waals surface area contributed by atoms with E-state index < -0.39 is 23.9 Å². The first-order valence-corrected chi connectivity index (χ1v) is 18.0. The van der Waals surface area contributed by atoms with E-state index in [4.69, 9.17) is 25.2 Å². The maximum absolute atomic E-state index is 14.0. The quantitative estimate of drug-likeness (QED) is 0.180. The van der Waals surface area contributed by atoms with Crippen LogP contribution < -0.4 is 15.5 Å². The van der Waals surface area contributed by atoms with Gasteiger partial charge in [0.25, 0.3) is 0 Å². The van der Waals surface area contributed by atoms with Crippen molar-refractivity contribution in [1.82, 2.24) is 19.9 Å². The van der Waals surface area contributed by atoms with Crippen LogP contribution in [0, 0.1) is 5.41 Å². The number of imide groups is 1. The van der Waals surface area contributed by atoms with Gasteiger partial charge < -0.3 is 20.1 Å². The highest BCUT2D eigenvalue weighted by molar-refractivity contribution is 9.10. The van der Waals surface area contributed by atoms with Crippen molar-refractivity contribution in [3.05, 3.63) is 76.7 Å². The lowest BCUT2D eigenvalue weighted by Gasteiger charge is -2.45. The summed E-state index contributed by atoms with van der Waals surface area (Å²) in [4.78, 5) is 49.5. The van der Waals surface area contributed by atoms with E-state index in [2.05, 4.69) is 58.8 Å². The van der Waals surface area contributed by atoms with Crippen LogP contribution in [0.1, 0.15) is 65.6 Å². The van der Waals surface area contributed by atoms with Crippen molar-refractivity contribution in [2.75, 3.05) is 22.1 Å². The van der Waals surface area contributed by atoms with E-state index in [9.17, 15) is 9.59 Å². The average Bonchev–Trinajstić information content (AvgIpc) is 3.53. The third kappa shape index (κ3) is 7.19. The van der Waals surface area contributed by atoms with Gasteiger partial charge in [-0.25, -0.2) is 29.5 Å². The third-order valence-corrected chi connectivity index (χ3v) is 9.93. The number of amides is 2. The van der Waals surface area contributed by atoms with E-state index in [0.29, 0.717) is 24.7 Å². The minimum absolute atomic E-state index is 0.116. The SMILES string of the molecule is C[C@H]1[C@H](OC(=O)N(C(=O)OC(C)(C)CC(C)(C)C)c2cc3cc(Br)ccc3cn2)CN1c1nc2c(c(-c3ccc4cnc(N)cc4c3)n1)CCC2. The number of rotatable bonds is 6. The lowest BCUT2D eigenvalue weighted by molar-refractivity contribution is 0.0115. The van der Waals surface area contributed by atoms with Gasteiger partial charge in [0, 0.05) is 44.5 Å². The highest BCUT2D eigenvalue weighted by atomic mass is 79.9. The second-order valence-electron chi connectivity index (χ2n) is 15.4. The molecular weight excluding hydrogens is 710 g/mol. The molecule has 2 aromatic carbocycles. The Morgan fingerprint density at radius 2 is 1.65 bits per heavy atom. The maximum Gasteiger partial charge on any atom is 0.425 e. The van der Waals surface area contributed by atoms with Gasteiger partial charge in [0.05, 0.1) is 18.3 Å². The molecule has 0 radical (unpaired) electrons. The summed E-state index contributed by atoms with van der Waals surface area (Å²) in [6.45, 7) is 12.2. The van der Waals surface area contributed by atoms with E-state index in [1.807, 2.05) is 56.0 Å². The fourth-order valence-corrected chi connectivity index (χ4v) is 7.71. The van der Waals surface area contributed by atoms with Gasteiger partial charge in [0.15, 0.2) is 0 Å². The van der Waals surface area contributed by atoms with E-state index in [0.717, 1.165) is 72.7 Å². The summed E-state index contributed by atoms with van der Waals surface area (Å²) >= 11 is 3.51. The molecule has 7 rings (SSSR count). The van der Waals surface area contributed by atoms with Crippen LogP contribution in [0.15, 0.2) is 65.4 Å². The number of aromatic nitrogens is 4. The van der Waals surface area contributed by atoms with Crippen LogP contribution in [0.2, 0.25) is 0 Å². The van der Waals surface area contributed by atoms with Gasteiger partial charge >= 0.3 is 12.2 Å². The molecule has 2 aliphatic rings. The van der Waals surface area contributed by atoms with Crippen molar-refractivity contribution in [3.63, 3.8) is 0 Å². The lowest BCUT2D eigenvalue weighted by Crippen LogP contribution is -2.62. The van der Waals surface area contributed by atoms with Crippen molar-refractivity contribution >= 4 is 67.2 Å². The molecule has 0 bridgehead atoms. The number of nitrogen functional groups attached to an aromatic ring is 1. The smallest absolute Gasteiger partial charge is 0.425 e. The Balaban J connectivity index is 1.14. The topological polar surface area (TPSA) is 137 Å². The number of carbonyl (C=O) groups is 2. The predicted octanol–water partition coefficient (Wildman–Crippen LogP) is 8.65. The molecule has 264 valence electrons. The molecule has 2 amide bonds. The van der Waals surface area contributed by atoms with Crippen LogP contribution in [-0.2, 0) is 22.3 Å². The number of fused-ring (bicyclic) bond motifs is 3. The molecular formula is C39H42BrN7O4. The van der Waals surface area contributed by atoms with Crippen LogP contribution >= 0.6 is 15.9 Å². The molecule has 4 heterocycles. The molecule has 1 aliphatic carbocycles. The van der Waals surface area contributed by atoms with E-state index in [1.54, 1.807) is 18.5 Å². The monoisotopic (exact) mass is 751 g/mol. The molecule has 2 N–H and O–H groups in total. The van der Waals surface area contributed by atoms with Crippen molar-refractivity contribution < 1.29 is 19.1 Å². The number of nitrogens with two attached hydrogens (primary N) is 1. The second kappa shape index (κ2) is 13.0. The van der Waals surface area contributed by atoms with E-state index in [-0.39, 0.29) is 17.3 Å². The number of carbonyl (C=O) groups excluding carboxylic acids is 2. The molecule has 1 fully saturated rings. The Morgan fingerprint density at radius 1 is 0.922 bits per heavy atom. The number of hydrogen-bond acceptors (Lipinski definition) is 10. The van der Waals surface area contributed by atoms with Crippen LogP contribution in [0.5, 0.6) is 0 Å². The highest BCUT2D eigenvalue weighted by Gasteiger charge is 2.43. The minimum atomic E-state index is -0.856. The zero-order valence-electron chi connectivity index (χ0n) is 29.7. The summed E-state index contributed by atoms with van der Waals surface area (Å²) < 4.78 is 12.9. The van der Waals surface area contributed by atoms with Gasteiger partial charge in [-0.15, -0.1) is 0 Å². The van der Waals surface area contributed by atoms with Gasteiger partial charge in [-0.05, 0) is 93.0 Å². The molecule has 2 atom stereocenters. The molecule has 12 heteroatoms. The first-order chi connectivity index (χ1) is 24.1. The van der Waals surface area contributed by atoms with E-state index in [1.165, 1.54) is 0 Å². The first-order valence-electron chi connectivity index (χ1n) is 17.3. The Hall–Kier alpha value is -4.84. The van der Waals surface area contributed by atoms with Crippen LogP contribution in [0.25, 0.3) is 32.8 Å². The van der Waals surface area contributed by atoms with Crippen LogP contribution in [0.3, 0.4) is 0 Å². The van der Waals surface area contributed by atoms with Gasteiger partial charge in [-0.2, -0.15) is 4.90 Å². The Morgan fingerprint density at radius 3 is 2.39 bits per heavy atom. The van der Waals surface area contributed by atoms with Crippen LogP contribution in [-0.4, -0.2) is 56.4 Å². The predicted molar refractivity (Wildman–Crippen MR) is 203 cm³/mol. The number of nitrogens with zero attached hydrogens (tertiary/aromatic N) is 6. The number of aryl methyl sites for hydroxylation is 1. The zero-order chi connectivity index (χ0) is 36.2. The Bertz CT molecular complexity index is 2180. The molecule has 51 heavy (non-hydrogen) atoms. The summed E-state index contributed by atoms with van der Waals surface area (Å²) in [5.74, 6) is 1.17. The fourth-order valence-electron chi connectivity index (χ4n) is 7.33. The van der Waals surface area contributed by atoms with Gasteiger partial charge in [-0.3, -0.25) is 0 Å². The molecule has 0 unspecified atom stereocenters. The molecule has 1 aliphatic heterocycles. The van der Waals surface area contributed by atoms with Crippen molar-refractivity contribution in [2.45, 2.75) is 85.0 Å². The second-order valence-corrected chi connectivity index (χ2v) is 16.3. The standard InChI is InChI=1S/C39H42BrN7O4/c1-22-31(20-46(22)35-44-30-9-7-8-29(30)34(45-35)23-10-11-24-18-42-32(41)16-26(24)14-23)50-36(48)47(37(49)51-39(5,6)21-38(2,3)4)33-17-27-15-28(40)13-12-25(27)19-43-33/h10-19,22,31H,7-9,20-21H2,1-6H3,(H2,41,42)/t22-,31+/m0/s1. The summed E-state index contributed by atoms with van der Waals surface area (Å²) in [6.07, 6.45) is 4.55. The maximum atomic E-state index is 14.0. The molecule has 11 nitrogen and oxygen atoms in total. The summed E-state index contributed by atoms with van der Waals surface area (Å²) in [5, 5.41) is 3.66. The highest BCUT2D eigenvalue weighted by Crippen LogP contribution is 2.37. The molecule has 5 aromatic rings. The van der Waals surface area contributed by atoms with Crippen molar-refractivity contribution in [1.29, 1.82) is 0 Å². The minimum Gasteiger partial charge on any atom is -0.443 e. The van der Waals surface area contributed by atoms with Crippen LogP contribution in [0.4, 0.5) is 27.2 Å². The van der Waals surface area contributed by atoms with Crippen molar-refractivity contribution in [3.8, 4) is 11.3 Å². The van der Waals surface area contributed by atoms with Gasteiger partial charge in [-0.1, -0.05) is 54.9 Å². The first kappa shape index (κ1) is 34.6. The summed E-state index contributed by atoms with van der Waals surface area (Å²) in [7, 11) is 0. The average molecular weight is 753 g/mol. The van der Waals surface area contributed by atoms with Gasteiger partial charge in [0.1, 0.15) is 23.3 Å². The molecule has 1 saturated heterocycles. The lowest BCUT2D eigenvalue weighted by atomic mass is 9.84. The number of benzene rings is 2. The molecule has 0 spiro atoms. The number of pyridine rings is 2. The fraction of sp³-hybridized carbons (Fsp3) is 0.385. The summed E-state index contributed by atoms with van der Waals surface area (Å²) in [5.41, 5.74) is 9.11. The number of anilines is 3. The number of halogens is 1. The van der Waals surface area contributed by atoms with Crippen molar-refractivity contribution in [2.24, 2.45) is 5.41 Å².